The summed E-state index contributed by atoms with van der Waals surface area (Å²) in [6.45, 7) is 0. The molecule has 0 aliphatic heterocycles. The summed E-state index contributed by atoms with van der Waals surface area (Å²) in [6.07, 6.45) is 0.350. The van der Waals surface area contributed by atoms with Crippen molar-refractivity contribution in [1.82, 2.24) is 0 Å². The normalized spacial score (nSPS) is 12.5. The average Bonchev–Trinajstić information content (AvgIpc) is 2.31. The molecule has 1 unspecified atom stereocenters. The van der Waals surface area contributed by atoms with Crippen LogP contribution in [0.2, 0.25) is 5.02 Å². The average molecular weight is 347 g/mol. The fraction of sp³-hybridized carbons (Fsp3) is 0.143. The topological polar surface area (TPSA) is 26.0 Å². The Hall–Kier alpha value is -0.970. The standard InChI is InChI=1S/C14H11BrClF2N/c15-12-6-9(1-2-13(12)16)14(19)5-8-3-10(17)7-11(18)4-8/h1-4,6-7,14H,5,19H2. The second kappa shape index (κ2) is 5.99. The number of halogens is 4. The lowest BCUT2D eigenvalue weighted by Gasteiger charge is -2.13. The summed E-state index contributed by atoms with van der Waals surface area (Å²) in [5.41, 5.74) is 7.41. The first-order valence-electron chi connectivity index (χ1n) is 5.61. The molecule has 1 atom stereocenters. The largest absolute Gasteiger partial charge is 0.324 e. The summed E-state index contributed by atoms with van der Waals surface area (Å²) in [4.78, 5) is 0. The molecule has 5 heteroatoms. The summed E-state index contributed by atoms with van der Waals surface area (Å²) >= 11 is 9.22. The van der Waals surface area contributed by atoms with E-state index in [-0.39, 0.29) is 6.04 Å². The van der Waals surface area contributed by atoms with E-state index in [1.807, 2.05) is 6.07 Å². The Labute approximate surface area is 123 Å². The fourth-order valence-corrected chi connectivity index (χ4v) is 2.36. The van der Waals surface area contributed by atoms with Gasteiger partial charge in [0.25, 0.3) is 0 Å². The number of benzene rings is 2. The van der Waals surface area contributed by atoms with Crippen molar-refractivity contribution in [3.05, 3.63) is 68.7 Å². The summed E-state index contributed by atoms with van der Waals surface area (Å²) in [5.74, 6) is -1.20. The molecule has 100 valence electrons. The van der Waals surface area contributed by atoms with Gasteiger partial charge in [0.15, 0.2) is 0 Å². The van der Waals surface area contributed by atoms with Crippen LogP contribution in [0, 0.1) is 11.6 Å². The van der Waals surface area contributed by atoms with Crippen LogP contribution in [0.5, 0.6) is 0 Å². The second-order valence-electron chi connectivity index (χ2n) is 4.26. The molecule has 0 bridgehead atoms. The first-order valence-corrected chi connectivity index (χ1v) is 6.78. The Morgan fingerprint density at radius 3 is 2.32 bits per heavy atom. The molecule has 0 saturated carbocycles. The molecule has 2 N–H and O–H groups in total. The second-order valence-corrected chi connectivity index (χ2v) is 5.52. The van der Waals surface area contributed by atoms with Crippen LogP contribution >= 0.6 is 27.5 Å². The van der Waals surface area contributed by atoms with Crippen molar-refractivity contribution in [3.8, 4) is 0 Å². The molecule has 0 fully saturated rings. The summed E-state index contributed by atoms with van der Waals surface area (Å²) < 4.78 is 26.9. The first-order chi connectivity index (χ1) is 8.95. The van der Waals surface area contributed by atoms with E-state index in [0.717, 1.165) is 16.1 Å². The van der Waals surface area contributed by atoms with Crippen molar-refractivity contribution in [2.75, 3.05) is 0 Å². The maximum atomic E-state index is 13.1. The van der Waals surface area contributed by atoms with Crippen LogP contribution in [0.3, 0.4) is 0 Å². The number of rotatable bonds is 3. The molecule has 2 aromatic carbocycles. The van der Waals surface area contributed by atoms with Gasteiger partial charge in [0.2, 0.25) is 0 Å². The molecule has 0 aliphatic rings. The predicted molar refractivity (Wildman–Crippen MR) is 76.1 cm³/mol. The van der Waals surface area contributed by atoms with Crippen LogP contribution in [0.15, 0.2) is 40.9 Å². The maximum absolute atomic E-state index is 13.1. The van der Waals surface area contributed by atoms with E-state index in [9.17, 15) is 8.78 Å². The highest BCUT2D eigenvalue weighted by atomic mass is 79.9. The van der Waals surface area contributed by atoms with E-state index in [0.29, 0.717) is 17.0 Å². The third-order valence-electron chi connectivity index (χ3n) is 2.75. The van der Waals surface area contributed by atoms with Crippen LogP contribution in [0.1, 0.15) is 17.2 Å². The lowest BCUT2D eigenvalue weighted by molar-refractivity contribution is 0.576. The number of hydrogen-bond donors (Lipinski definition) is 1. The van der Waals surface area contributed by atoms with E-state index < -0.39 is 11.6 Å². The maximum Gasteiger partial charge on any atom is 0.126 e. The zero-order chi connectivity index (χ0) is 14.0. The van der Waals surface area contributed by atoms with Gasteiger partial charge in [0.05, 0.1) is 5.02 Å². The Morgan fingerprint density at radius 2 is 1.74 bits per heavy atom. The van der Waals surface area contributed by atoms with Crippen molar-refractivity contribution in [2.24, 2.45) is 5.73 Å². The molecule has 0 heterocycles. The minimum Gasteiger partial charge on any atom is -0.324 e. The molecule has 0 amide bonds. The van der Waals surface area contributed by atoms with Gasteiger partial charge in [0, 0.05) is 16.6 Å². The van der Waals surface area contributed by atoms with Crippen molar-refractivity contribution in [1.29, 1.82) is 0 Å². The van der Waals surface area contributed by atoms with Crippen LogP contribution in [0.25, 0.3) is 0 Å². The zero-order valence-electron chi connectivity index (χ0n) is 9.84. The highest BCUT2D eigenvalue weighted by Gasteiger charge is 2.10. The van der Waals surface area contributed by atoms with Gasteiger partial charge in [-0.3, -0.25) is 0 Å². The molecular weight excluding hydrogens is 336 g/mol. The summed E-state index contributed by atoms with van der Waals surface area (Å²) in [7, 11) is 0. The van der Waals surface area contributed by atoms with Gasteiger partial charge >= 0.3 is 0 Å². The van der Waals surface area contributed by atoms with Gasteiger partial charge in [-0.05, 0) is 57.7 Å². The molecule has 2 aromatic rings. The minimum absolute atomic E-state index is 0.350. The van der Waals surface area contributed by atoms with Gasteiger partial charge in [-0.1, -0.05) is 17.7 Å². The molecule has 2 rings (SSSR count). The summed E-state index contributed by atoms with van der Waals surface area (Å²) in [5, 5.41) is 0.591. The van der Waals surface area contributed by atoms with E-state index in [1.165, 1.54) is 12.1 Å². The highest BCUT2D eigenvalue weighted by Crippen LogP contribution is 2.26. The molecule has 0 aliphatic carbocycles. The van der Waals surface area contributed by atoms with Crippen LogP contribution in [0.4, 0.5) is 8.78 Å². The first kappa shape index (κ1) is 14.4. The Kier molecular flexibility index (Phi) is 4.55. The molecule has 0 spiro atoms. The van der Waals surface area contributed by atoms with Crippen LogP contribution in [-0.2, 0) is 6.42 Å². The smallest absolute Gasteiger partial charge is 0.126 e. The van der Waals surface area contributed by atoms with E-state index in [1.54, 1.807) is 12.1 Å². The molecule has 0 saturated heterocycles. The highest BCUT2D eigenvalue weighted by molar-refractivity contribution is 9.10. The minimum atomic E-state index is -0.598. The zero-order valence-corrected chi connectivity index (χ0v) is 12.2. The molecule has 0 radical (unpaired) electrons. The van der Waals surface area contributed by atoms with E-state index in [2.05, 4.69) is 15.9 Å². The third kappa shape index (κ3) is 3.75. The third-order valence-corrected chi connectivity index (χ3v) is 3.96. The fourth-order valence-electron chi connectivity index (χ4n) is 1.84. The Balaban J connectivity index is 2.20. The lowest BCUT2D eigenvalue weighted by Crippen LogP contribution is -2.13. The SMILES string of the molecule is NC(Cc1cc(F)cc(F)c1)c1ccc(Cl)c(Br)c1. The van der Waals surface area contributed by atoms with Crippen molar-refractivity contribution >= 4 is 27.5 Å². The molecule has 19 heavy (non-hydrogen) atoms. The van der Waals surface area contributed by atoms with Crippen LogP contribution < -0.4 is 5.73 Å². The number of hydrogen-bond acceptors (Lipinski definition) is 1. The van der Waals surface area contributed by atoms with Gasteiger partial charge in [-0.2, -0.15) is 0 Å². The van der Waals surface area contributed by atoms with Gasteiger partial charge in [-0.15, -0.1) is 0 Å². The van der Waals surface area contributed by atoms with Gasteiger partial charge < -0.3 is 5.73 Å². The van der Waals surface area contributed by atoms with Gasteiger partial charge in [-0.25, -0.2) is 8.78 Å². The van der Waals surface area contributed by atoms with Gasteiger partial charge in [0.1, 0.15) is 11.6 Å². The Morgan fingerprint density at radius 1 is 1.11 bits per heavy atom. The predicted octanol–water partition coefficient (Wildman–Crippen LogP) is 4.62. The van der Waals surface area contributed by atoms with Crippen molar-refractivity contribution < 1.29 is 8.78 Å². The monoisotopic (exact) mass is 345 g/mol. The van der Waals surface area contributed by atoms with Crippen LogP contribution in [-0.4, -0.2) is 0 Å². The van der Waals surface area contributed by atoms with E-state index >= 15 is 0 Å². The number of nitrogens with two attached hydrogens (primary N) is 1. The molecule has 1 nitrogen and oxygen atoms in total. The quantitative estimate of drug-likeness (QED) is 0.862. The lowest BCUT2D eigenvalue weighted by atomic mass is 9.99. The molecule has 0 aromatic heterocycles. The van der Waals surface area contributed by atoms with E-state index in [4.69, 9.17) is 17.3 Å². The Bertz CT molecular complexity index is 584. The van der Waals surface area contributed by atoms with Crippen molar-refractivity contribution in [3.63, 3.8) is 0 Å². The molecular formula is C14H11BrClF2N. The summed E-state index contributed by atoms with van der Waals surface area (Å²) in [6, 6.07) is 8.40. The van der Waals surface area contributed by atoms with Crippen molar-refractivity contribution in [2.45, 2.75) is 12.5 Å².